The molecule has 0 saturated heterocycles. The zero-order valence-corrected chi connectivity index (χ0v) is 15.2. The summed E-state index contributed by atoms with van der Waals surface area (Å²) < 4.78 is 20.1. The standard InChI is InChI=1S/C15H16FN3O4.C2H6/c1-9-5-6-10(16)11(7-9)19-8-12(22-3)14(20)13(17-19)15(21)18(2)23-4;1-2/h5-8H,1-4H3;1-2H3. The van der Waals surface area contributed by atoms with Gasteiger partial charge in [0.25, 0.3) is 5.43 Å². The van der Waals surface area contributed by atoms with Crippen LogP contribution in [0, 0.1) is 12.7 Å². The van der Waals surface area contributed by atoms with E-state index in [0.29, 0.717) is 0 Å². The Kier molecular flexibility index (Phi) is 7.25. The molecule has 0 spiro atoms. The van der Waals surface area contributed by atoms with Crippen molar-refractivity contribution < 1.29 is 18.8 Å². The number of carbonyl (C=O) groups excluding carboxylic acids is 1. The molecule has 0 aliphatic carbocycles. The maximum absolute atomic E-state index is 14.0. The molecule has 1 aromatic carbocycles. The fraction of sp³-hybridized carbons (Fsp3) is 0.353. The van der Waals surface area contributed by atoms with Crippen LogP contribution in [0.3, 0.4) is 0 Å². The van der Waals surface area contributed by atoms with Gasteiger partial charge in [0.1, 0.15) is 11.5 Å². The molecule has 25 heavy (non-hydrogen) atoms. The van der Waals surface area contributed by atoms with Crippen molar-refractivity contribution in [3.05, 3.63) is 51.7 Å². The number of hydroxylamine groups is 2. The number of hydrogen-bond acceptors (Lipinski definition) is 5. The number of rotatable bonds is 4. The van der Waals surface area contributed by atoms with E-state index >= 15 is 0 Å². The minimum Gasteiger partial charge on any atom is -0.491 e. The van der Waals surface area contributed by atoms with E-state index in [1.807, 2.05) is 13.8 Å². The van der Waals surface area contributed by atoms with E-state index < -0.39 is 22.8 Å². The Morgan fingerprint density at radius 1 is 1.28 bits per heavy atom. The van der Waals surface area contributed by atoms with Gasteiger partial charge >= 0.3 is 5.91 Å². The van der Waals surface area contributed by atoms with Crippen LogP contribution in [-0.2, 0) is 4.84 Å². The van der Waals surface area contributed by atoms with E-state index in [1.165, 1.54) is 33.5 Å². The van der Waals surface area contributed by atoms with Crippen molar-refractivity contribution in [3.8, 4) is 11.4 Å². The first-order valence-electron chi connectivity index (χ1n) is 7.65. The summed E-state index contributed by atoms with van der Waals surface area (Å²) in [6.45, 7) is 5.79. The highest BCUT2D eigenvalue weighted by atomic mass is 19.1. The average molecular weight is 351 g/mol. The lowest BCUT2D eigenvalue weighted by molar-refractivity contribution is -0.0762. The number of aryl methyl sites for hydroxylation is 1. The third kappa shape index (κ3) is 4.42. The molecule has 0 aliphatic rings. The molecule has 1 aromatic heterocycles. The van der Waals surface area contributed by atoms with Gasteiger partial charge in [0.2, 0.25) is 5.69 Å². The molecule has 1 heterocycles. The Labute approximate surface area is 145 Å². The predicted octanol–water partition coefficient (Wildman–Crippen LogP) is 2.35. The minimum absolute atomic E-state index is 0.0948. The topological polar surface area (TPSA) is 73.7 Å². The van der Waals surface area contributed by atoms with Gasteiger partial charge in [-0.2, -0.15) is 5.10 Å². The quantitative estimate of drug-likeness (QED) is 0.791. The Balaban J connectivity index is 0.00000151. The van der Waals surface area contributed by atoms with Crippen LogP contribution in [0.2, 0.25) is 0 Å². The van der Waals surface area contributed by atoms with Crippen LogP contribution in [0.1, 0.15) is 29.9 Å². The molecule has 0 atom stereocenters. The molecule has 2 aromatic rings. The van der Waals surface area contributed by atoms with Crippen molar-refractivity contribution >= 4 is 5.91 Å². The summed E-state index contributed by atoms with van der Waals surface area (Å²) in [4.78, 5) is 29.1. The lowest BCUT2D eigenvalue weighted by Crippen LogP contribution is -2.33. The second-order valence-electron chi connectivity index (χ2n) is 4.76. The molecule has 136 valence electrons. The zero-order chi connectivity index (χ0) is 19.1. The molecular weight excluding hydrogens is 329 g/mol. The fourth-order valence-electron chi connectivity index (χ4n) is 1.91. The average Bonchev–Trinajstić information content (AvgIpc) is 2.64. The molecule has 7 nitrogen and oxygen atoms in total. The normalized spacial score (nSPS) is 9.88. The van der Waals surface area contributed by atoms with Crippen molar-refractivity contribution in [1.82, 2.24) is 14.8 Å². The van der Waals surface area contributed by atoms with Crippen LogP contribution in [-0.4, -0.2) is 42.0 Å². The number of hydrogen-bond donors (Lipinski definition) is 0. The molecule has 0 unspecified atom stereocenters. The molecule has 0 fully saturated rings. The molecule has 0 radical (unpaired) electrons. The summed E-state index contributed by atoms with van der Waals surface area (Å²) in [6.07, 6.45) is 1.23. The van der Waals surface area contributed by atoms with Crippen LogP contribution in [0.25, 0.3) is 5.69 Å². The van der Waals surface area contributed by atoms with Crippen LogP contribution in [0.4, 0.5) is 4.39 Å². The van der Waals surface area contributed by atoms with Gasteiger partial charge in [0.05, 0.1) is 20.4 Å². The van der Waals surface area contributed by atoms with E-state index in [9.17, 15) is 14.0 Å². The molecule has 2 rings (SSSR count). The number of amides is 1. The monoisotopic (exact) mass is 351 g/mol. The van der Waals surface area contributed by atoms with E-state index in [0.717, 1.165) is 15.3 Å². The second kappa shape index (κ2) is 8.93. The fourth-order valence-corrected chi connectivity index (χ4v) is 1.91. The largest absolute Gasteiger partial charge is 0.491 e. The van der Waals surface area contributed by atoms with Crippen molar-refractivity contribution in [2.45, 2.75) is 20.8 Å². The smallest absolute Gasteiger partial charge is 0.301 e. The number of carbonyl (C=O) groups is 1. The van der Waals surface area contributed by atoms with Gasteiger partial charge in [-0.3, -0.25) is 14.4 Å². The lowest BCUT2D eigenvalue weighted by atomic mass is 10.2. The number of methoxy groups -OCH3 is 1. The number of nitrogens with zero attached hydrogens (tertiary/aromatic N) is 3. The highest BCUT2D eigenvalue weighted by molar-refractivity contribution is 5.91. The number of benzene rings is 1. The highest BCUT2D eigenvalue weighted by Crippen LogP contribution is 2.16. The third-order valence-electron chi connectivity index (χ3n) is 3.22. The van der Waals surface area contributed by atoms with Crippen LogP contribution in [0.15, 0.2) is 29.2 Å². The molecule has 8 heteroatoms. The van der Waals surface area contributed by atoms with E-state index in [-0.39, 0.29) is 11.4 Å². The molecule has 0 saturated carbocycles. The van der Waals surface area contributed by atoms with Gasteiger partial charge in [0, 0.05) is 7.05 Å². The number of aromatic nitrogens is 2. The summed E-state index contributed by atoms with van der Waals surface area (Å²) >= 11 is 0. The zero-order valence-electron chi connectivity index (χ0n) is 15.2. The van der Waals surface area contributed by atoms with Gasteiger partial charge in [0.15, 0.2) is 5.75 Å². The lowest BCUT2D eigenvalue weighted by Gasteiger charge is -2.15. The van der Waals surface area contributed by atoms with Gasteiger partial charge < -0.3 is 4.74 Å². The van der Waals surface area contributed by atoms with Gasteiger partial charge in [-0.05, 0) is 24.6 Å². The molecule has 0 bridgehead atoms. The Bertz CT molecular complexity index is 805. The number of ether oxygens (including phenoxy) is 1. The summed E-state index contributed by atoms with van der Waals surface area (Å²) in [5, 5.41) is 4.78. The summed E-state index contributed by atoms with van der Waals surface area (Å²) in [5.41, 5.74) is -0.250. The third-order valence-corrected chi connectivity index (χ3v) is 3.22. The second-order valence-corrected chi connectivity index (χ2v) is 4.76. The van der Waals surface area contributed by atoms with Crippen molar-refractivity contribution in [1.29, 1.82) is 0 Å². The van der Waals surface area contributed by atoms with Gasteiger partial charge in [-0.15, -0.1) is 0 Å². The van der Waals surface area contributed by atoms with Crippen molar-refractivity contribution in [3.63, 3.8) is 0 Å². The van der Waals surface area contributed by atoms with Crippen molar-refractivity contribution in [2.75, 3.05) is 21.3 Å². The minimum atomic E-state index is -0.766. The summed E-state index contributed by atoms with van der Waals surface area (Å²) in [6, 6.07) is 4.42. The molecule has 0 N–H and O–H groups in total. The maximum atomic E-state index is 14.0. The van der Waals surface area contributed by atoms with Crippen molar-refractivity contribution in [2.24, 2.45) is 0 Å². The Hall–Kier alpha value is -2.74. The van der Waals surface area contributed by atoms with Crippen LogP contribution in [0.5, 0.6) is 5.75 Å². The first-order chi connectivity index (χ1) is 11.9. The molecular formula is C17H22FN3O4. The molecule has 1 amide bonds. The number of halogens is 1. The van der Waals surface area contributed by atoms with E-state index in [4.69, 9.17) is 9.57 Å². The first-order valence-corrected chi connectivity index (χ1v) is 7.65. The van der Waals surface area contributed by atoms with E-state index in [2.05, 4.69) is 5.10 Å². The van der Waals surface area contributed by atoms with E-state index in [1.54, 1.807) is 19.1 Å². The Morgan fingerprint density at radius 2 is 1.92 bits per heavy atom. The predicted molar refractivity (Wildman–Crippen MR) is 91.5 cm³/mol. The highest BCUT2D eigenvalue weighted by Gasteiger charge is 2.22. The Morgan fingerprint density at radius 3 is 2.48 bits per heavy atom. The summed E-state index contributed by atoms with van der Waals surface area (Å²) in [7, 11) is 3.89. The van der Waals surface area contributed by atoms with Crippen LogP contribution >= 0.6 is 0 Å². The first kappa shape index (κ1) is 20.3. The van der Waals surface area contributed by atoms with Gasteiger partial charge in [-0.25, -0.2) is 14.1 Å². The van der Waals surface area contributed by atoms with Crippen LogP contribution < -0.4 is 10.2 Å². The SMILES string of the molecule is CC.COc1cn(-c2cc(C)ccc2F)nc(C(=O)N(C)OC)c1=O. The van der Waals surface area contributed by atoms with Gasteiger partial charge in [-0.1, -0.05) is 19.9 Å². The summed E-state index contributed by atoms with van der Waals surface area (Å²) in [5.74, 6) is -1.45. The molecule has 0 aliphatic heterocycles. The maximum Gasteiger partial charge on any atom is 0.301 e.